The second kappa shape index (κ2) is 3.68. The lowest BCUT2D eigenvalue weighted by molar-refractivity contribution is 0.780. The summed E-state index contributed by atoms with van der Waals surface area (Å²) in [5, 5.41) is 6.69. The van der Waals surface area contributed by atoms with E-state index < -0.39 is 0 Å². The van der Waals surface area contributed by atoms with E-state index in [1.165, 1.54) is 11.1 Å². The van der Waals surface area contributed by atoms with Crippen LogP contribution in [-0.2, 0) is 7.05 Å². The Morgan fingerprint density at radius 3 is 3.11 bits per heavy atom. The summed E-state index contributed by atoms with van der Waals surface area (Å²) in [6.45, 7) is 0. The SMILES string of the molecule is Cn1cc2cc(-c3c[nH]c4ncccc34)ccc2n1. The van der Waals surface area contributed by atoms with Crippen LogP contribution in [0.3, 0.4) is 0 Å². The monoisotopic (exact) mass is 248 g/mol. The molecule has 0 aliphatic heterocycles. The first kappa shape index (κ1) is 10.3. The lowest BCUT2D eigenvalue weighted by Gasteiger charge is -1.99. The first-order valence-electron chi connectivity index (χ1n) is 6.17. The molecular formula is C15H12N4. The molecule has 0 aliphatic rings. The van der Waals surface area contributed by atoms with E-state index in [-0.39, 0.29) is 0 Å². The van der Waals surface area contributed by atoms with Gasteiger partial charge in [0, 0.05) is 42.0 Å². The van der Waals surface area contributed by atoms with Crippen molar-refractivity contribution in [1.82, 2.24) is 19.7 Å². The van der Waals surface area contributed by atoms with Crippen LogP contribution >= 0.6 is 0 Å². The van der Waals surface area contributed by atoms with E-state index in [9.17, 15) is 0 Å². The van der Waals surface area contributed by atoms with E-state index in [2.05, 4.69) is 39.3 Å². The van der Waals surface area contributed by atoms with Crippen LogP contribution in [0.25, 0.3) is 33.1 Å². The first-order chi connectivity index (χ1) is 9.31. The molecule has 0 aliphatic carbocycles. The third kappa shape index (κ3) is 1.53. The van der Waals surface area contributed by atoms with E-state index in [1.807, 2.05) is 30.2 Å². The minimum Gasteiger partial charge on any atom is -0.346 e. The van der Waals surface area contributed by atoms with Crippen molar-refractivity contribution in [3.63, 3.8) is 0 Å². The van der Waals surface area contributed by atoms with Crippen molar-refractivity contribution in [2.45, 2.75) is 0 Å². The van der Waals surface area contributed by atoms with Crippen molar-refractivity contribution < 1.29 is 0 Å². The predicted octanol–water partition coefficient (Wildman–Crippen LogP) is 3.12. The lowest BCUT2D eigenvalue weighted by Crippen LogP contribution is -1.84. The van der Waals surface area contributed by atoms with Crippen molar-refractivity contribution in [3.8, 4) is 11.1 Å². The summed E-state index contributed by atoms with van der Waals surface area (Å²) in [5.74, 6) is 0. The van der Waals surface area contributed by atoms with Gasteiger partial charge in [0.2, 0.25) is 0 Å². The van der Waals surface area contributed by atoms with Crippen molar-refractivity contribution >= 4 is 21.9 Å². The number of rotatable bonds is 1. The molecule has 0 atom stereocenters. The molecule has 92 valence electrons. The summed E-state index contributed by atoms with van der Waals surface area (Å²) in [4.78, 5) is 7.53. The van der Waals surface area contributed by atoms with Crippen LogP contribution in [0.15, 0.2) is 48.9 Å². The Morgan fingerprint density at radius 1 is 1.21 bits per heavy atom. The van der Waals surface area contributed by atoms with Crippen molar-refractivity contribution in [3.05, 3.63) is 48.9 Å². The lowest BCUT2D eigenvalue weighted by atomic mass is 10.0. The zero-order valence-corrected chi connectivity index (χ0v) is 10.5. The molecule has 4 heteroatoms. The normalized spacial score (nSPS) is 11.4. The Morgan fingerprint density at radius 2 is 2.16 bits per heavy atom. The van der Waals surface area contributed by atoms with Crippen LogP contribution in [0.5, 0.6) is 0 Å². The number of aromatic nitrogens is 4. The molecule has 0 saturated heterocycles. The minimum absolute atomic E-state index is 0.920. The number of hydrogen-bond acceptors (Lipinski definition) is 2. The molecule has 4 aromatic rings. The molecule has 3 heterocycles. The van der Waals surface area contributed by atoms with Crippen LogP contribution in [-0.4, -0.2) is 19.7 Å². The topological polar surface area (TPSA) is 46.5 Å². The van der Waals surface area contributed by atoms with Gasteiger partial charge >= 0.3 is 0 Å². The smallest absolute Gasteiger partial charge is 0.137 e. The van der Waals surface area contributed by atoms with E-state index in [0.717, 1.165) is 21.9 Å². The number of nitrogens with zero attached hydrogens (tertiary/aromatic N) is 3. The Bertz CT molecular complexity index is 885. The zero-order chi connectivity index (χ0) is 12.8. The fourth-order valence-corrected chi connectivity index (χ4v) is 2.51. The molecule has 0 saturated carbocycles. The highest BCUT2D eigenvalue weighted by molar-refractivity contribution is 5.96. The maximum absolute atomic E-state index is 4.39. The van der Waals surface area contributed by atoms with Crippen LogP contribution in [0.2, 0.25) is 0 Å². The third-order valence-electron chi connectivity index (χ3n) is 3.38. The average molecular weight is 248 g/mol. The number of aromatic amines is 1. The minimum atomic E-state index is 0.920. The second-order valence-electron chi connectivity index (χ2n) is 4.68. The van der Waals surface area contributed by atoms with Gasteiger partial charge in [-0.05, 0) is 29.8 Å². The predicted molar refractivity (Wildman–Crippen MR) is 75.8 cm³/mol. The molecule has 0 spiro atoms. The quantitative estimate of drug-likeness (QED) is 0.562. The maximum Gasteiger partial charge on any atom is 0.137 e. The zero-order valence-electron chi connectivity index (χ0n) is 10.5. The molecule has 0 fully saturated rings. The number of pyridine rings is 1. The van der Waals surface area contributed by atoms with Crippen LogP contribution in [0, 0.1) is 0 Å². The van der Waals surface area contributed by atoms with Gasteiger partial charge in [0.25, 0.3) is 0 Å². The van der Waals surface area contributed by atoms with Crippen molar-refractivity contribution in [2.24, 2.45) is 7.05 Å². The molecule has 4 rings (SSSR count). The molecule has 0 unspecified atom stereocenters. The number of fused-ring (bicyclic) bond motifs is 2. The van der Waals surface area contributed by atoms with Crippen LogP contribution in [0.4, 0.5) is 0 Å². The number of H-pyrrole nitrogens is 1. The number of hydrogen-bond donors (Lipinski definition) is 1. The molecule has 1 N–H and O–H groups in total. The summed E-state index contributed by atoms with van der Waals surface area (Å²) in [5.41, 5.74) is 4.29. The molecule has 0 bridgehead atoms. The van der Waals surface area contributed by atoms with Gasteiger partial charge in [0.1, 0.15) is 5.65 Å². The van der Waals surface area contributed by atoms with E-state index in [4.69, 9.17) is 0 Å². The number of aryl methyl sites for hydroxylation is 1. The summed E-state index contributed by atoms with van der Waals surface area (Å²) in [6, 6.07) is 10.4. The Hall–Kier alpha value is -2.62. The number of benzene rings is 1. The fourth-order valence-electron chi connectivity index (χ4n) is 2.51. The fraction of sp³-hybridized carbons (Fsp3) is 0.0667. The van der Waals surface area contributed by atoms with Crippen LogP contribution < -0.4 is 0 Å². The van der Waals surface area contributed by atoms with Gasteiger partial charge in [0.05, 0.1) is 5.52 Å². The Labute approximate surface area is 109 Å². The number of nitrogens with one attached hydrogen (secondary N) is 1. The molecule has 0 radical (unpaired) electrons. The van der Waals surface area contributed by atoms with Gasteiger partial charge in [-0.25, -0.2) is 4.98 Å². The third-order valence-corrected chi connectivity index (χ3v) is 3.38. The molecular weight excluding hydrogens is 236 g/mol. The highest BCUT2D eigenvalue weighted by Gasteiger charge is 2.07. The van der Waals surface area contributed by atoms with E-state index >= 15 is 0 Å². The summed E-state index contributed by atoms with van der Waals surface area (Å²) >= 11 is 0. The van der Waals surface area contributed by atoms with Crippen molar-refractivity contribution in [1.29, 1.82) is 0 Å². The van der Waals surface area contributed by atoms with Crippen LogP contribution in [0.1, 0.15) is 0 Å². The van der Waals surface area contributed by atoms with Gasteiger partial charge in [-0.1, -0.05) is 6.07 Å². The van der Waals surface area contributed by atoms with Gasteiger partial charge in [-0.2, -0.15) is 5.10 Å². The molecule has 0 amide bonds. The standard InChI is InChI=1S/C15H12N4/c1-19-9-11-7-10(4-5-14(11)18-19)13-8-17-15-12(13)3-2-6-16-15/h2-9H,1H3,(H,16,17). The van der Waals surface area contributed by atoms with E-state index in [0.29, 0.717) is 0 Å². The van der Waals surface area contributed by atoms with Gasteiger partial charge in [0.15, 0.2) is 0 Å². The maximum atomic E-state index is 4.39. The van der Waals surface area contributed by atoms with Crippen molar-refractivity contribution in [2.75, 3.05) is 0 Å². The molecule has 4 nitrogen and oxygen atoms in total. The molecule has 1 aromatic carbocycles. The highest BCUT2D eigenvalue weighted by Crippen LogP contribution is 2.29. The second-order valence-corrected chi connectivity index (χ2v) is 4.68. The van der Waals surface area contributed by atoms with E-state index in [1.54, 1.807) is 6.20 Å². The van der Waals surface area contributed by atoms with Gasteiger partial charge in [-0.3, -0.25) is 4.68 Å². The highest BCUT2D eigenvalue weighted by atomic mass is 15.2. The molecule has 3 aromatic heterocycles. The average Bonchev–Trinajstić information content (AvgIpc) is 2.99. The summed E-state index contributed by atoms with van der Waals surface area (Å²) in [7, 11) is 1.94. The largest absolute Gasteiger partial charge is 0.346 e. The summed E-state index contributed by atoms with van der Waals surface area (Å²) in [6.07, 6.45) is 5.84. The van der Waals surface area contributed by atoms with Gasteiger partial charge in [-0.15, -0.1) is 0 Å². The van der Waals surface area contributed by atoms with Gasteiger partial charge < -0.3 is 4.98 Å². The Kier molecular flexibility index (Phi) is 2.00. The summed E-state index contributed by atoms with van der Waals surface area (Å²) < 4.78 is 1.84. The first-order valence-corrected chi connectivity index (χ1v) is 6.17. The Balaban J connectivity index is 1.98. The molecule has 19 heavy (non-hydrogen) atoms.